The lowest BCUT2D eigenvalue weighted by Crippen LogP contribution is -2.48. The molecule has 1 aromatic carbocycles. The lowest BCUT2D eigenvalue weighted by atomic mass is 9.62. The zero-order valence-electron chi connectivity index (χ0n) is 20.6. The van der Waals surface area contributed by atoms with E-state index in [-0.39, 0.29) is 36.3 Å². The lowest BCUT2D eigenvalue weighted by molar-refractivity contribution is -0.153. The molecule has 7 atom stereocenters. The molecule has 7 nitrogen and oxygen atoms in total. The van der Waals surface area contributed by atoms with Crippen molar-refractivity contribution in [3.63, 3.8) is 0 Å². The second-order valence-corrected chi connectivity index (χ2v) is 11.0. The predicted molar refractivity (Wildman–Crippen MR) is 127 cm³/mol. The molecule has 3 heterocycles. The molecule has 0 spiro atoms. The average Bonchev–Trinajstić information content (AvgIpc) is 3.48. The van der Waals surface area contributed by atoms with E-state index in [4.69, 9.17) is 9.47 Å². The zero-order valence-corrected chi connectivity index (χ0v) is 20.6. The van der Waals surface area contributed by atoms with E-state index < -0.39 is 23.5 Å². The second-order valence-electron chi connectivity index (χ2n) is 11.0. The van der Waals surface area contributed by atoms with Crippen LogP contribution in [0.25, 0.3) is 11.0 Å². The second kappa shape index (κ2) is 8.76. The number of cyclic esters (lactones) is 1. The maximum atomic E-state index is 13.1. The van der Waals surface area contributed by atoms with Gasteiger partial charge in [0.25, 0.3) is 0 Å². The van der Waals surface area contributed by atoms with E-state index in [1.54, 1.807) is 0 Å². The molecule has 1 aliphatic carbocycles. The molecule has 7 heteroatoms. The molecule has 1 aromatic heterocycles. The Bertz CT molecular complexity index is 1110. The summed E-state index contributed by atoms with van der Waals surface area (Å²) in [6.07, 6.45) is 3.87. The van der Waals surface area contributed by atoms with Gasteiger partial charge in [-0.05, 0) is 56.2 Å². The Morgan fingerprint density at radius 2 is 2.00 bits per heavy atom. The monoisotopic (exact) mass is 468 g/mol. The fourth-order valence-corrected chi connectivity index (χ4v) is 6.23. The molecule has 2 saturated heterocycles. The third-order valence-electron chi connectivity index (χ3n) is 8.57. The molecule has 2 aromatic rings. The number of epoxide rings is 1. The number of ether oxygens (including phenoxy) is 2. The van der Waals surface area contributed by atoms with E-state index in [0.717, 1.165) is 41.7 Å². The number of carbonyl (C=O) groups is 2. The minimum Gasteiger partial charge on any atom is -0.457 e. The molecular formula is C27H36N2O5. The fraction of sp³-hybridized carbons (Fsp3) is 0.667. The zero-order chi connectivity index (χ0) is 24.2. The summed E-state index contributed by atoms with van der Waals surface area (Å²) in [4.78, 5) is 30.7. The van der Waals surface area contributed by atoms with E-state index >= 15 is 0 Å². The van der Waals surface area contributed by atoms with Crippen LogP contribution in [0.4, 0.5) is 0 Å². The SMILES string of the molecule is Cc1nc2cc([C@@H]3C[C@@H]4O[C@@H]4CCC[C@@H]4CC(C)(CCC(=O)O3)C(=O)[C@H](C)[C@H]4O)ccc2n1C. The summed E-state index contributed by atoms with van der Waals surface area (Å²) >= 11 is 0. The van der Waals surface area contributed by atoms with Crippen molar-refractivity contribution in [3.05, 3.63) is 29.6 Å². The summed E-state index contributed by atoms with van der Waals surface area (Å²) in [5.74, 6) is 0.382. The maximum Gasteiger partial charge on any atom is 0.306 e. The molecule has 0 radical (unpaired) electrons. The normalized spacial score (nSPS) is 37.1. The third-order valence-corrected chi connectivity index (χ3v) is 8.57. The minimum atomic E-state index is -0.606. The van der Waals surface area contributed by atoms with Gasteiger partial charge in [0, 0.05) is 31.2 Å². The van der Waals surface area contributed by atoms with Gasteiger partial charge in [0.05, 0.1) is 29.3 Å². The van der Waals surface area contributed by atoms with E-state index in [2.05, 4.69) is 4.98 Å². The van der Waals surface area contributed by atoms with E-state index in [9.17, 15) is 14.7 Å². The number of aromatic nitrogens is 2. The van der Waals surface area contributed by atoms with Gasteiger partial charge < -0.3 is 19.1 Å². The molecule has 1 N–H and O–H groups in total. The third kappa shape index (κ3) is 4.29. The average molecular weight is 469 g/mol. The molecule has 2 bridgehead atoms. The van der Waals surface area contributed by atoms with E-state index in [0.29, 0.717) is 19.3 Å². The number of Topliss-reactive ketones (excluding diaryl/α,β-unsaturated/α-hetero) is 1. The van der Waals surface area contributed by atoms with Gasteiger partial charge in [0.15, 0.2) is 0 Å². The Morgan fingerprint density at radius 3 is 2.79 bits per heavy atom. The summed E-state index contributed by atoms with van der Waals surface area (Å²) in [7, 11) is 1.99. The first-order chi connectivity index (χ1) is 16.2. The van der Waals surface area contributed by atoms with Crippen LogP contribution in [0.5, 0.6) is 0 Å². The van der Waals surface area contributed by atoms with Crippen LogP contribution in [-0.4, -0.2) is 44.7 Å². The lowest BCUT2D eigenvalue weighted by Gasteiger charge is -2.43. The van der Waals surface area contributed by atoms with Crippen molar-refractivity contribution in [1.82, 2.24) is 9.55 Å². The number of nitrogens with zero attached hydrogens (tertiary/aromatic N) is 2. The number of ketones is 1. The number of aryl methyl sites for hydroxylation is 2. The number of carbonyl (C=O) groups excluding carboxylic acids is 2. The number of benzene rings is 1. The number of esters is 1. The van der Waals surface area contributed by atoms with Gasteiger partial charge in [0.1, 0.15) is 17.7 Å². The highest BCUT2D eigenvalue weighted by atomic mass is 16.6. The molecule has 3 fully saturated rings. The first kappa shape index (κ1) is 23.5. The quantitative estimate of drug-likeness (QED) is 0.498. The first-order valence-corrected chi connectivity index (χ1v) is 12.7. The summed E-state index contributed by atoms with van der Waals surface area (Å²) in [5.41, 5.74) is 2.26. The van der Waals surface area contributed by atoms with Crippen molar-refractivity contribution >= 4 is 22.8 Å². The Morgan fingerprint density at radius 1 is 1.21 bits per heavy atom. The highest BCUT2D eigenvalue weighted by Gasteiger charge is 2.48. The largest absolute Gasteiger partial charge is 0.457 e. The number of hydrogen-bond donors (Lipinski definition) is 1. The number of aliphatic hydroxyl groups excluding tert-OH is 1. The number of rotatable bonds is 1. The molecule has 5 rings (SSSR count). The van der Waals surface area contributed by atoms with Gasteiger partial charge in [-0.2, -0.15) is 0 Å². The smallest absolute Gasteiger partial charge is 0.306 e. The number of fused-ring (bicyclic) bond motifs is 4. The molecule has 1 saturated carbocycles. The highest BCUT2D eigenvalue weighted by molar-refractivity contribution is 5.88. The first-order valence-electron chi connectivity index (χ1n) is 12.7. The Balaban J connectivity index is 1.39. The number of hydrogen-bond acceptors (Lipinski definition) is 6. The summed E-state index contributed by atoms with van der Waals surface area (Å²) in [6.45, 7) is 5.75. The van der Waals surface area contributed by atoms with Crippen LogP contribution in [0.1, 0.15) is 76.3 Å². The van der Waals surface area contributed by atoms with Crippen molar-refractivity contribution < 1.29 is 24.2 Å². The van der Waals surface area contributed by atoms with Crippen molar-refractivity contribution in [3.8, 4) is 0 Å². The van der Waals surface area contributed by atoms with Gasteiger partial charge in [-0.1, -0.05) is 26.3 Å². The van der Waals surface area contributed by atoms with Crippen molar-refractivity contribution in [2.24, 2.45) is 24.3 Å². The molecule has 34 heavy (non-hydrogen) atoms. The van der Waals surface area contributed by atoms with Crippen LogP contribution >= 0.6 is 0 Å². The number of imidazole rings is 1. The number of aliphatic hydroxyl groups is 1. The maximum absolute atomic E-state index is 13.1. The summed E-state index contributed by atoms with van der Waals surface area (Å²) in [5, 5.41) is 10.7. The molecule has 184 valence electrons. The summed E-state index contributed by atoms with van der Waals surface area (Å²) in [6, 6.07) is 6.06. The van der Waals surface area contributed by atoms with E-state index in [1.807, 2.05) is 50.6 Å². The van der Waals surface area contributed by atoms with E-state index in [1.165, 1.54) is 0 Å². The van der Waals surface area contributed by atoms with Crippen molar-refractivity contribution in [2.75, 3.05) is 0 Å². The minimum absolute atomic E-state index is 0.0641. The fourth-order valence-electron chi connectivity index (χ4n) is 6.23. The summed E-state index contributed by atoms with van der Waals surface area (Å²) < 4.78 is 14.0. The van der Waals surface area contributed by atoms with Crippen LogP contribution < -0.4 is 0 Å². The molecule has 3 aliphatic rings. The van der Waals surface area contributed by atoms with Gasteiger partial charge in [-0.3, -0.25) is 9.59 Å². The topological polar surface area (TPSA) is 93.9 Å². The Kier molecular flexibility index (Phi) is 6.05. The van der Waals surface area contributed by atoms with Crippen molar-refractivity contribution in [2.45, 2.75) is 90.1 Å². The Labute approximate surface area is 200 Å². The van der Waals surface area contributed by atoms with Crippen LogP contribution in [0, 0.1) is 24.2 Å². The van der Waals surface area contributed by atoms with Gasteiger partial charge in [-0.15, -0.1) is 0 Å². The standard InChI is InChI=1S/C27H36N2O5/c1-15-25(31)18-6-5-7-21-23(33-21)13-22(34-24(30)10-11-27(3,14-18)26(15)32)17-8-9-20-19(12-17)28-16(2)29(20)4/h8-9,12,15,18,21-23,25,31H,5-7,10-11,13-14H2,1-4H3/t15-,18-,21-,22+,23+,25-,27?/m1/s1. The molecule has 2 aliphatic heterocycles. The molecular weight excluding hydrogens is 432 g/mol. The van der Waals surface area contributed by atoms with Crippen molar-refractivity contribution in [1.29, 1.82) is 0 Å². The van der Waals surface area contributed by atoms with Crippen LogP contribution in [0.2, 0.25) is 0 Å². The predicted octanol–water partition coefficient (Wildman–Crippen LogP) is 4.18. The van der Waals surface area contributed by atoms with Crippen LogP contribution in [-0.2, 0) is 26.1 Å². The van der Waals surface area contributed by atoms with Gasteiger partial charge >= 0.3 is 5.97 Å². The molecule has 0 amide bonds. The van der Waals surface area contributed by atoms with Crippen LogP contribution in [0.3, 0.4) is 0 Å². The van der Waals surface area contributed by atoms with Gasteiger partial charge in [0.2, 0.25) is 0 Å². The highest BCUT2D eigenvalue weighted by Crippen LogP contribution is 2.45. The van der Waals surface area contributed by atoms with Crippen LogP contribution in [0.15, 0.2) is 18.2 Å². The Hall–Kier alpha value is -2.25. The van der Waals surface area contributed by atoms with Gasteiger partial charge in [-0.25, -0.2) is 4.98 Å². The molecule has 1 unspecified atom stereocenters.